The zero-order chi connectivity index (χ0) is 14.8. The van der Waals surface area contributed by atoms with E-state index in [0.717, 1.165) is 21.1 Å². The molecule has 0 N–H and O–H groups in total. The molecule has 0 spiro atoms. The Kier molecular flexibility index (Phi) is 5.81. The van der Waals surface area contributed by atoms with Gasteiger partial charge < -0.3 is 4.43 Å². The summed E-state index contributed by atoms with van der Waals surface area (Å²) >= 11 is 7.19. The average Bonchev–Trinajstić information content (AvgIpc) is 2.27. The van der Waals surface area contributed by atoms with E-state index >= 15 is 0 Å². The highest BCUT2D eigenvalue weighted by atomic mass is 79.9. The maximum atomic E-state index is 6.23. The number of nitrogens with zero attached hydrogens (tertiary/aromatic N) is 1. The van der Waals surface area contributed by atoms with Crippen LogP contribution in [0.3, 0.4) is 0 Å². The summed E-state index contributed by atoms with van der Waals surface area (Å²) in [4.78, 5) is 4.48. The monoisotopic (exact) mass is 407 g/mol. The van der Waals surface area contributed by atoms with Crippen LogP contribution < -0.4 is 0 Å². The van der Waals surface area contributed by atoms with E-state index in [1.807, 2.05) is 6.20 Å². The molecule has 2 nitrogen and oxygen atoms in total. The standard InChI is InChI=1S/C14H23Br2NOSi/c1-7-10-11(15)8-17-12(13(10)16)9-18-19(5,6)14(2,3)4/h8H,7,9H2,1-6H3. The molecular formula is C14H23Br2NOSi. The molecule has 0 aliphatic rings. The van der Waals surface area contributed by atoms with E-state index in [1.54, 1.807) is 0 Å². The number of pyridine rings is 1. The van der Waals surface area contributed by atoms with Gasteiger partial charge in [-0.05, 0) is 62.0 Å². The Balaban J connectivity index is 2.91. The molecule has 0 unspecified atom stereocenters. The molecule has 1 aromatic rings. The molecule has 1 aromatic heterocycles. The van der Waals surface area contributed by atoms with Crippen LogP contribution in [-0.4, -0.2) is 13.3 Å². The van der Waals surface area contributed by atoms with Crippen LogP contribution in [-0.2, 0) is 17.5 Å². The van der Waals surface area contributed by atoms with Crippen LogP contribution >= 0.6 is 31.9 Å². The molecule has 1 heterocycles. The minimum atomic E-state index is -1.72. The molecule has 5 heteroatoms. The van der Waals surface area contributed by atoms with Gasteiger partial charge in [0, 0.05) is 15.1 Å². The summed E-state index contributed by atoms with van der Waals surface area (Å²) in [5.74, 6) is 0. The minimum Gasteiger partial charge on any atom is -0.411 e. The first-order valence-corrected chi connectivity index (χ1v) is 11.0. The van der Waals surface area contributed by atoms with E-state index in [9.17, 15) is 0 Å². The molecule has 1 rings (SSSR count). The summed E-state index contributed by atoms with van der Waals surface area (Å²) in [6.07, 6.45) is 2.84. The zero-order valence-electron chi connectivity index (χ0n) is 12.6. The van der Waals surface area contributed by atoms with Gasteiger partial charge in [0.1, 0.15) is 0 Å². The van der Waals surface area contributed by atoms with Crippen molar-refractivity contribution in [1.82, 2.24) is 4.98 Å². The molecule has 0 aliphatic heterocycles. The molecule has 0 fully saturated rings. The van der Waals surface area contributed by atoms with Crippen LogP contribution in [0.5, 0.6) is 0 Å². The van der Waals surface area contributed by atoms with Gasteiger partial charge in [0.15, 0.2) is 8.32 Å². The molecule has 108 valence electrons. The molecule has 19 heavy (non-hydrogen) atoms. The number of hydrogen-bond donors (Lipinski definition) is 0. The molecule has 0 bridgehead atoms. The van der Waals surface area contributed by atoms with E-state index < -0.39 is 8.32 Å². The van der Waals surface area contributed by atoms with Crippen molar-refractivity contribution in [2.45, 2.75) is 58.9 Å². The van der Waals surface area contributed by atoms with Crippen LogP contribution in [0.1, 0.15) is 39.0 Å². The summed E-state index contributed by atoms with van der Waals surface area (Å²) in [5, 5.41) is 0.225. The third kappa shape index (κ3) is 4.13. The van der Waals surface area contributed by atoms with Gasteiger partial charge in [0.2, 0.25) is 0 Å². The summed E-state index contributed by atoms with van der Waals surface area (Å²) in [7, 11) is -1.72. The Hall–Kier alpha value is 0.287. The SMILES string of the molecule is CCc1c(Br)cnc(CO[Si](C)(C)C(C)(C)C)c1Br. The maximum Gasteiger partial charge on any atom is 0.192 e. The van der Waals surface area contributed by atoms with Crippen molar-refractivity contribution >= 4 is 40.2 Å². The Morgan fingerprint density at radius 1 is 1.26 bits per heavy atom. The van der Waals surface area contributed by atoms with E-state index in [-0.39, 0.29) is 5.04 Å². The fourth-order valence-electron chi connectivity index (χ4n) is 1.44. The van der Waals surface area contributed by atoms with Gasteiger partial charge in [0.05, 0.1) is 12.3 Å². The van der Waals surface area contributed by atoms with Crippen molar-refractivity contribution in [3.63, 3.8) is 0 Å². The molecule has 0 radical (unpaired) electrons. The van der Waals surface area contributed by atoms with Gasteiger partial charge in [-0.15, -0.1) is 0 Å². The lowest BCUT2D eigenvalue weighted by Crippen LogP contribution is -2.40. The molecule has 0 saturated heterocycles. The highest BCUT2D eigenvalue weighted by molar-refractivity contribution is 9.11. The number of hydrogen-bond acceptors (Lipinski definition) is 2. The van der Waals surface area contributed by atoms with Crippen LogP contribution in [0, 0.1) is 0 Å². The number of aromatic nitrogens is 1. The summed E-state index contributed by atoms with van der Waals surface area (Å²) in [5.41, 5.74) is 2.24. The van der Waals surface area contributed by atoms with Crippen molar-refractivity contribution in [3.8, 4) is 0 Å². The third-order valence-corrected chi connectivity index (χ3v) is 9.97. The average molecular weight is 409 g/mol. The maximum absolute atomic E-state index is 6.23. The Morgan fingerprint density at radius 2 is 1.84 bits per heavy atom. The lowest BCUT2D eigenvalue weighted by Gasteiger charge is -2.36. The Bertz CT molecular complexity index is 455. The Morgan fingerprint density at radius 3 is 2.32 bits per heavy atom. The fourth-order valence-corrected chi connectivity index (χ4v) is 3.93. The van der Waals surface area contributed by atoms with Gasteiger partial charge >= 0.3 is 0 Å². The Labute approximate surface area is 134 Å². The summed E-state index contributed by atoms with van der Waals surface area (Å²) < 4.78 is 8.36. The van der Waals surface area contributed by atoms with Crippen LogP contribution in [0.25, 0.3) is 0 Å². The molecule has 0 aliphatic carbocycles. The van der Waals surface area contributed by atoms with E-state index in [2.05, 4.69) is 77.6 Å². The van der Waals surface area contributed by atoms with Gasteiger partial charge in [0.25, 0.3) is 0 Å². The molecule has 0 aromatic carbocycles. The van der Waals surface area contributed by atoms with Crippen molar-refractivity contribution in [3.05, 3.63) is 26.4 Å². The van der Waals surface area contributed by atoms with Crippen LogP contribution in [0.15, 0.2) is 15.1 Å². The van der Waals surface area contributed by atoms with Crippen LogP contribution in [0.2, 0.25) is 18.1 Å². The lowest BCUT2D eigenvalue weighted by atomic mass is 10.2. The largest absolute Gasteiger partial charge is 0.411 e. The van der Waals surface area contributed by atoms with Gasteiger partial charge in [-0.1, -0.05) is 27.7 Å². The first-order chi connectivity index (χ1) is 8.60. The van der Waals surface area contributed by atoms with Crippen molar-refractivity contribution < 1.29 is 4.43 Å². The minimum absolute atomic E-state index is 0.225. The highest BCUT2D eigenvalue weighted by Gasteiger charge is 2.37. The lowest BCUT2D eigenvalue weighted by molar-refractivity contribution is 0.271. The second-order valence-electron chi connectivity index (χ2n) is 6.25. The molecular weight excluding hydrogens is 386 g/mol. The predicted molar refractivity (Wildman–Crippen MR) is 91.0 cm³/mol. The highest BCUT2D eigenvalue weighted by Crippen LogP contribution is 2.37. The van der Waals surface area contributed by atoms with Gasteiger partial charge in [-0.2, -0.15) is 0 Å². The van der Waals surface area contributed by atoms with Crippen molar-refractivity contribution in [2.75, 3.05) is 0 Å². The normalized spacial score (nSPS) is 12.8. The van der Waals surface area contributed by atoms with E-state index in [0.29, 0.717) is 6.61 Å². The summed E-state index contributed by atoms with van der Waals surface area (Å²) in [6, 6.07) is 0. The first-order valence-electron chi connectivity index (χ1n) is 6.56. The fraction of sp³-hybridized carbons (Fsp3) is 0.643. The first kappa shape index (κ1) is 17.3. The smallest absolute Gasteiger partial charge is 0.192 e. The third-order valence-electron chi connectivity index (χ3n) is 3.87. The van der Waals surface area contributed by atoms with Gasteiger partial charge in [-0.25, -0.2) is 0 Å². The topological polar surface area (TPSA) is 22.1 Å². The molecule has 0 atom stereocenters. The summed E-state index contributed by atoms with van der Waals surface area (Å²) in [6.45, 7) is 14.0. The predicted octanol–water partition coefficient (Wildman–Crippen LogP) is 5.69. The van der Waals surface area contributed by atoms with Crippen molar-refractivity contribution in [2.24, 2.45) is 0 Å². The molecule has 0 saturated carbocycles. The second-order valence-corrected chi connectivity index (χ2v) is 12.7. The number of halogens is 2. The van der Waals surface area contributed by atoms with E-state index in [4.69, 9.17) is 4.43 Å². The van der Waals surface area contributed by atoms with Gasteiger partial charge in [-0.3, -0.25) is 4.98 Å². The second kappa shape index (κ2) is 6.37. The van der Waals surface area contributed by atoms with Crippen LogP contribution in [0.4, 0.5) is 0 Å². The van der Waals surface area contributed by atoms with Crippen molar-refractivity contribution in [1.29, 1.82) is 0 Å². The number of rotatable bonds is 4. The zero-order valence-corrected chi connectivity index (χ0v) is 16.8. The molecule has 0 amide bonds. The van der Waals surface area contributed by atoms with E-state index in [1.165, 1.54) is 5.56 Å². The quantitative estimate of drug-likeness (QED) is 0.596.